The molecule has 0 aliphatic carbocycles. The number of hydrogen-bond donors (Lipinski definition) is 2. The second kappa shape index (κ2) is 9.43. The Morgan fingerprint density at radius 2 is 2.00 bits per heavy atom. The largest absolute Gasteiger partial charge is 0.464 e. The average Bonchev–Trinajstić information content (AvgIpc) is 3.34. The Morgan fingerprint density at radius 3 is 2.66 bits per heavy atom. The van der Waals surface area contributed by atoms with Crippen LogP contribution in [0, 0.1) is 11.8 Å². The van der Waals surface area contributed by atoms with Gasteiger partial charge in [0.2, 0.25) is 5.91 Å². The molecule has 7 nitrogen and oxygen atoms in total. The Balaban J connectivity index is 1.44. The number of methoxy groups -OCH3 is 1. The van der Waals surface area contributed by atoms with Crippen molar-refractivity contribution in [3.63, 3.8) is 0 Å². The van der Waals surface area contributed by atoms with Gasteiger partial charge in [-0.05, 0) is 59.2 Å². The molecule has 184 valence electrons. The van der Waals surface area contributed by atoms with Crippen LogP contribution in [0.2, 0.25) is 0 Å². The van der Waals surface area contributed by atoms with E-state index in [-0.39, 0.29) is 24.5 Å². The van der Waals surface area contributed by atoms with Crippen LogP contribution in [-0.2, 0) is 27.3 Å². The summed E-state index contributed by atoms with van der Waals surface area (Å²) < 4.78 is 7.24. The van der Waals surface area contributed by atoms with Crippen molar-refractivity contribution in [2.45, 2.75) is 43.9 Å². The number of β-lactam (4-membered cyclic amide) rings is 1. The summed E-state index contributed by atoms with van der Waals surface area (Å²) in [5.41, 5.74) is 5.73. The third-order valence-electron chi connectivity index (χ3n) is 7.37. The van der Waals surface area contributed by atoms with Crippen LogP contribution in [0.3, 0.4) is 0 Å². The molecule has 3 aliphatic heterocycles. The Bertz CT molecular complexity index is 1200. The molecule has 0 radical (unpaired) electrons. The van der Waals surface area contributed by atoms with E-state index in [2.05, 4.69) is 28.6 Å². The second-order valence-corrected chi connectivity index (χ2v) is 10.6. The molecule has 1 amide bonds. The zero-order chi connectivity index (χ0) is 24.9. The third-order valence-corrected chi connectivity index (χ3v) is 8.46. The maximum atomic E-state index is 12.8. The number of ether oxygens (including phenoxy) is 1. The smallest absolute Gasteiger partial charge is 0.354 e. The molecular formula is C27H30N2O5S. The van der Waals surface area contributed by atoms with Crippen molar-refractivity contribution in [1.29, 1.82) is 0 Å². The zero-order valence-corrected chi connectivity index (χ0v) is 20.9. The summed E-state index contributed by atoms with van der Waals surface area (Å²) >= 11 is 1.64. The second-order valence-electron chi connectivity index (χ2n) is 9.47. The molecule has 3 heterocycles. The van der Waals surface area contributed by atoms with Crippen LogP contribution in [0.1, 0.15) is 25.0 Å². The molecule has 5 rings (SSSR count). The molecule has 3 unspecified atom stereocenters. The fraction of sp³-hybridized carbons (Fsp3) is 0.407. The standard InChI is InChI=1S/C27H30N2O5S/c1-15-21(25(27(33)34-3)29-24(15)23(16(2)31)26(29)32)14-28-13-19-11-18(9-10-30)20(12-22(19)35-28)17-7-5-4-6-8-17/h4-8,11-12,15-16,23-24,30-31H,9-10,13-14H2,1-3H3/t15-,16?,23?,24?/m0/s1. The molecule has 4 atom stereocenters. The number of carbonyl (C=O) groups is 2. The first kappa shape index (κ1) is 24.1. The van der Waals surface area contributed by atoms with E-state index in [0.717, 1.165) is 27.2 Å². The minimum atomic E-state index is -0.767. The minimum Gasteiger partial charge on any atom is -0.464 e. The van der Waals surface area contributed by atoms with Crippen LogP contribution in [0.15, 0.2) is 58.6 Å². The van der Waals surface area contributed by atoms with Gasteiger partial charge in [-0.2, -0.15) is 0 Å². The molecular weight excluding hydrogens is 464 g/mol. The molecule has 1 saturated heterocycles. The molecule has 2 aromatic rings. The quantitative estimate of drug-likeness (QED) is 0.347. The normalized spacial score (nSPS) is 24.3. The van der Waals surface area contributed by atoms with Crippen molar-refractivity contribution in [1.82, 2.24) is 9.21 Å². The highest BCUT2D eigenvalue weighted by molar-refractivity contribution is 7.97. The lowest BCUT2D eigenvalue weighted by Crippen LogP contribution is -2.63. The average molecular weight is 495 g/mol. The van der Waals surface area contributed by atoms with Crippen molar-refractivity contribution in [2.75, 3.05) is 20.3 Å². The Kier molecular flexibility index (Phi) is 6.48. The van der Waals surface area contributed by atoms with E-state index in [1.54, 1.807) is 18.9 Å². The molecule has 35 heavy (non-hydrogen) atoms. The van der Waals surface area contributed by atoms with Gasteiger partial charge in [-0.3, -0.25) is 4.79 Å². The summed E-state index contributed by atoms with van der Waals surface area (Å²) in [4.78, 5) is 28.2. The number of amides is 1. The summed E-state index contributed by atoms with van der Waals surface area (Å²) in [5, 5.41) is 19.8. The predicted octanol–water partition coefficient (Wildman–Crippen LogP) is 3.00. The van der Waals surface area contributed by atoms with Crippen molar-refractivity contribution >= 4 is 23.8 Å². The highest BCUT2D eigenvalue weighted by Crippen LogP contribution is 2.49. The van der Waals surface area contributed by atoms with E-state index < -0.39 is 18.0 Å². The predicted molar refractivity (Wildman–Crippen MR) is 133 cm³/mol. The van der Waals surface area contributed by atoms with Gasteiger partial charge in [0.05, 0.1) is 25.2 Å². The Morgan fingerprint density at radius 1 is 1.26 bits per heavy atom. The fourth-order valence-electron chi connectivity index (χ4n) is 5.68. The summed E-state index contributed by atoms with van der Waals surface area (Å²) in [7, 11) is 1.33. The Hall–Kier alpha value is -2.65. The lowest BCUT2D eigenvalue weighted by molar-refractivity contribution is -0.163. The van der Waals surface area contributed by atoms with Crippen LogP contribution in [0.5, 0.6) is 0 Å². The number of benzene rings is 2. The number of nitrogens with zero attached hydrogens (tertiary/aromatic N) is 2. The zero-order valence-electron chi connectivity index (χ0n) is 20.1. The fourth-order valence-corrected chi connectivity index (χ4v) is 6.77. The van der Waals surface area contributed by atoms with Gasteiger partial charge >= 0.3 is 5.97 Å². The van der Waals surface area contributed by atoms with Crippen LogP contribution >= 0.6 is 11.9 Å². The van der Waals surface area contributed by atoms with Gasteiger partial charge in [-0.25, -0.2) is 9.10 Å². The van der Waals surface area contributed by atoms with E-state index in [9.17, 15) is 19.8 Å². The highest BCUT2D eigenvalue weighted by atomic mass is 32.2. The van der Waals surface area contributed by atoms with Crippen LogP contribution in [0.25, 0.3) is 11.1 Å². The van der Waals surface area contributed by atoms with Gasteiger partial charge in [-0.1, -0.05) is 43.3 Å². The molecule has 8 heteroatoms. The molecule has 3 aliphatic rings. The summed E-state index contributed by atoms with van der Waals surface area (Å²) in [6.45, 7) is 4.93. The van der Waals surface area contributed by atoms with Gasteiger partial charge in [0.25, 0.3) is 0 Å². The first-order valence-electron chi connectivity index (χ1n) is 11.9. The maximum absolute atomic E-state index is 12.8. The molecule has 1 fully saturated rings. The molecule has 0 saturated carbocycles. The summed E-state index contributed by atoms with van der Waals surface area (Å²) in [6, 6.07) is 14.3. The van der Waals surface area contributed by atoms with Gasteiger partial charge < -0.3 is 19.8 Å². The number of esters is 1. The number of aliphatic hydroxyl groups is 2. The summed E-state index contributed by atoms with van der Waals surface area (Å²) in [6.07, 6.45) is -0.188. The minimum absolute atomic E-state index is 0.0597. The molecule has 0 bridgehead atoms. The van der Waals surface area contributed by atoms with Crippen molar-refractivity contribution < 1.29 is 24.5 Å². The SMILES string of the molecule is COC(=O)C1=C(CN2Cc3cc(CCO)c(-c4ccccc4)cc3S2)[C@H](C)C2C(C(C)O)C(=O)N12. The lowest BCUT2D eigenvalue weighted by Gasteiger charge is -2.46. The van der Waals surface area contributed by atoms with Crippen molar-refractivity contribution in [3.05, 3.63) is 64.9 Å². The third kappa shape index (κ3) is 3.98. The highest BCUT2D eigenvalue weighted by Gasteiger charge is 2.60. The first-order chi connectivity index (χ1) is 16.8. The van der Waals surface area contributed by atoms with Crippen LogP contribution in [0.4, 0.5) is 0 Å². The number of fused-ring (bicyclic) bond motifs is 2. The van der Waals surface area contributed by atoms with E-state index >= 15 is 0 Å². The van der Waals surface area contributed by atoms with E-state index in [0.29, 0.717) is 25.2 Å². The van der Waals surface area contributed by atoms with Crippen molar-refractivity contribution in [2.24, 2.45) is 11.8 Å². The molecule has 0 spiro atoms. The number of rotatable bonds is 7. The van der Waals surface area contributed by atoms with Gasteiger partial charge in [0, 0.05) is 30.5 Å². The monoisotopic (exact) mass is 494 g/mol. The van der Waals surface area contributed by atoms with Crippen LogP contribution < -0.4 is 0 Å². The molecule has 2 aromatic carbocycles. The van der Waals surface area contributed by atoms with Gasteiger partial charge in [0.1, 0.15) is 5.70 Å². The number of hydrogen-bond acceptors (Lipinski definition) is 7. The van der Waals surface area contributed by atoms with Gasteiger partial charge in [0.15, 0.2) is 0 Å². The molecule has 0 aromatic heterocycles. The molecule has 2 N–H and O–H groups in total. The van der Waals surface area contributed by atoms with Crippen molar-refractivity contribution in [3.8, 4) is 11.1 Å². The van der Waals surface area contributed by atoms with Gasteiger partial charge in [-0.15, -0.1) is 0 Å². The number of carbonyl (C=O) groups excluding carboxylic acids is 2. The maximum Gasteiger partial charge on any atom is 0.354 e. The topological polar surface area (TPSA) is 90.3 Å². The summed E-state index contributed by atoms with van der Waals surface area (Å²) in [5.74, 6) is -1.29. The van der Waals surface area contributed by atoms with E-state index in [1.807, 2.05) is 25.1 Å². The van der Waals surface area contributed by atoms with E-state index in [1.165, 1.54) is 17.6 Å². The lowest BCUT2D eigenvalue weighted by atomic mass is 9.78. The van der Waals surface area contributed by atoms with Crippen LogP contribution in [-0.4, -0.2) is 63.7 Å². The Labute approximate surface area is 209 Å². The first-order valence-corrected chi connectivity index (χ1v) is 12.7. The van der Waals surface area contributed by atoms with E-state index in [4.69, 9.17) is 4.74 Å². The number of aliphatic hydroxyl groups excluding tert-OH is 2.